The molecule has 0 N–H and O–H groups in total. The molecule has 1 heterocycles. The molecule has 0 bridgehead atoms. The Morgan fingerprint density at radius 2 is 2.10 bits per heavy atom. The first-order chi connectivity index (χ1) is 10.2. The van der Waals surface area contributed by atoms with Gasteiger partial charge in [-0.15, -0.1) is 0 Å². The molecule has 0 saturated carbocycles. The minimum Gasteiger partial charge on any atom is -0.493 e. The molecule has 2 nitrogen and oxygen atoms in total. The molecule has 0 radical (unpaired) electrons. The van der Waals surface area contributed by atoms with Crippen molar-refractivity contribution in [3.63, 3.8) is 0 Å². The number of rotatable bonds is 4. The normalized spacial score (nSPS) is 12.9. The first kappa shape index (κ1) is 14.7. The molecule has 0 saturated heterocycles. The molecule has 0 fully saturated rings. The molecule has 0 amide bonds. The smallest absolute Gasteiger partial charge is 0.129 e. The summed E-state index contributed by atoms with van der Waals surface area (Å²) in [4.78, 5) is 0. The van der Waals surface area contributed by atoms with Gasteiger partial charge < -0.3 is 9.47 Å². The first-order valence-electron chi connectivity index (χ1n) is 6.58. The van der Waals surface area contributed by atoms with Crippen LogP contribution in [-0.4, -0.2) is 6.61 Å². The van der Waals surface area contributed by atoms with Crippen LogP contribution < -0.4 is 9.47 Å². The van der Waals surface area contributed by atoms with Crippen molar-refractivity contribution in [2.75, 3.05) is 6.61 Å². The first-order valence-corrected chi connectivity index (χ1v) is 8.08. The van der Waals surface area contributed by atoms with E-state index in [2.05, 4.69) is 15.9 Å². The van der Waals surface area contributed by atoms with Crippen LogP contribution in [-0.2, 0) is 18.4 Å². The van der Waals surface area contributed by atoms with E-state index in [-0.39, 0.29) is 5.82 Å². The molecule has 2 aromatic rings. The Morgan fingerprint density at radius 1 is 1.24 bits per heavy atom. The maximum absolute atomic E-state index is 13.2. The summed E-state index contributed by atoms with van der Waals surface area (Å²) in [6.07, 6.45) is 0.867. The van der Waals surface area contributed by atoms with E-state index in [1.807, 2.05) is 12.1 Å². The van der Waals surface area contributed by atoms with Gasteiger partial charge >= 0.3 is 0 Å². The van der Waals surface area contributed by atoms with Crippen LogP contribution in [0.4, 0.5) is 4.39 Å². The summed E-state index contributed by atoms with van der Waals surface area (Å²) in [7, 11) is 0. The van der Waals surface area contributed by atoms with E-state index in [1.54, 1.807) is 6.07 Å². The van der Waals surface area contributed by atoms with Crippen molar-refractivity contribution in [2.45, 2.75) is 18.4 Å². The number of alkyl halides is 1. The van der Waals surface area contributed by atoms with Gasteiger partial charge in [0.15, 0.2) is 0 Å². The third-order valence-electron chi connectivity index (χ3n) is 3.38. The zero-order valence-corrected chi connectivity index (χ0v) is 13.5. The van der Waals surface area contributed by atoms with E-state index in [4.69, 9.17) is 21.1 Å². The predicted octanol–water partition coefficient (Wildman–Crippen LogP) is 4.89. The Balaban J connectivity index is 1.83. The maximum atomic E-state index is 13.2. The highest BCUT2D eigenvalue weighted by Crippen LogP contribution is 2.34. The Bertz CT molecular complexity index is 676. The number of ether oxygens (including phenoxy) is 2. The van der Waals surface area contributed by atoms with Gasteiger partial charge in [0.1, 0.15) is 23.9 Å². The van der Waals surface area contributed by atoms with E-state index in [1.165, 1.54) is 12.1 Å². The Morgan fingerprint density at radius 3 is 2.90 bits per heavy atom. The van der Waals surface area contributed by atoms with Crippen molar-refractivity contribution in [2.24, 2.45) is 0 Å². The molecule has 0 atom stereocenters. The van der Waals surface area contributed by atoms with E-state index in [0.717, 1.165) is 28.9 Å². The van der Waals surface area contributed by atoms with Gasteiger partial charge in [-0.3, -0.25) is 0 Å². The summed E-state index contributed by atoms with van der Waals surface area (Å²) >= 11 is 9.46. The molecule has 2 aromatic carbocycles. The molecule has 0 spiro atoms. The lowest BCUT2D eigenvalue weighted by atomic mass is 10.1. The van der Waals surface area contributed by atoms with Gasteiger partial charge in [0.25, 0.3) is 0 Å². The highest BCUT2D eigenvalue weighted by atomic mass is 79.9. The van der Waals surface area contributed by atoms with Crippen LogP contribution in [0.2, 0.25) is 5.02 Å². The fraction of sp³-hybridized carbons (Fsp3) is 0.250. The molecule has 1 aliphatic rings. The molecule has 110 valence electrons. The van der Waals surface area contributed by atoms with Crippen LogP contribution >= 0.6 is 27.5 Å². The molecule has 3 rings (SSSR count). The van der Waals surface area contributed by atoms with Crippen LogP contribution in [0, 0.1) is 5.82 Å². The third kappa shape index (κ3) is 3.16. The summed E-state index contributed by atoms with van der Waals surface area (Å²) < 4.78 is 24.7. The number of halogens is 3. The van der Waals surface area contributed by atoms with Crippen LogP contribution in [0.25, 0.3) is 0 Å². The van der Waals surface area contributed by atoms with Crippen LogP contribution in [0.1, 0.15) is 16.7 Å². The lowest BCUT2D eigenvalue weighted by Crippen LogP contribution is -2.00. The number of hydrogen-bond acceptors (Lipinski definition) is 2. The molecule has 1 aliphatic heterocycles. The van der Waals surface area contributed by atoms with Crippen molar-refractivity contribution < 1.29 is 13.9 Å². The fourth-order valence-electron chi connectivity index (χ4n) is 2.40. The molecule has 0 unspecified atom stereocenters. The zero-order valence-electron chi connectivity index (χ0n) is 11.2. The lowest BCUT2D eigenvalue weighted by Gasteiger charge is -2.13. The van der Waals surface area contributed by atoms with E-state index in [0.29, 0.717) is 29.3 Å². The van der Waals surface area contributed by atoms with E-state index < -0.39 is 0 Å². The number of benzene rings is 2. The second kappa shape index (κ2) is 6.24. The topological polar surface area (TPSA) is 18.5 Å². The molecule has 5 heteroatoms. The maximum Gasteiger partial charge on any atom is 0.129 e. The van der Waals surface area contributed by atoms with Crippen molar-refractivity contribution >= 4 is 27.5 Å². The van der Waals surface area contributed by atoms with E-state index in [9.17, 15) is 4.39 Å². The van der Waals surface area contributed by atoms with Crippen LogP contribution in [0.5, 0.6) is 11.5 Å². The minimum absolute atomic E-state index is 0.274. The van der Waals surface area contributed by atoms with Gasteiger partial charge in [-0.2, -0.15) is 0 Å². The predicted molar refractivity (Wildman–Crippen MR) is 84.0 cm³/mol. The zero-order chi connectivity index (χ0) is 14.8. The molecule has 21 heavy (non-hydrogen) atoms. The van der Waals surface area contributed by atoms with Crippen molar-refractivity contribution in [1.29, 1.82) is 0 Å². The number of fused-ring (bicyclic) bond motifs is 1. The van der Waals surface area contributed by atoms with Gasteiger partial charge in [0.2, 0.25) is 0 Å². The van der Waals surface area contributed by atoms with E-state index >= 15 is 0 Å². The lowest BCUT2D eigenvalue weighted by molar-refractivity contribution is 0.289. The molecule has 0 aliphatic carbocycles. The number of hydrogen-bond donors (Lipinski definition) is 0. The van der Waals surface area contributed by atoms with Crippen molar-refractivity contribution in [3.05, 3.63) is 57.9 Å². The highest BCUT2D eigenvalue weighted by Gasteiger charge is 2.18. The van der Waals surface area contributed by atoms with Gasteiger partial charge in [-0.05, 0) is 35.9 Å². The average Bonchev–Trinajstić information content (AvgIpc) is 2.93. The molecular formula is C16H13BrClFO2. The third-order valence-corrected chi connectivity index (χ3v) is 4.20. The second-order valence-corrected chi connectivity index (χ2v) is 5.82. The standard InChI is InChI=1S/C16H13BrClFO2/c17-8-11-7-14(19)1-2-15(11)21-9-12-6-13(18)5-10-3-4-20-16(10)12/h1-2,5-7H,3-4,8-9H2. The largest absolute Gasteiger partial charge is 0.493 e. The summed E-state index contributed by atoms with van der Waals surface area (Å²) in [6, 6.07) is 8.26. The summed E-state index contributed by atoms with van der Waals surface area (Å²) in [5.41, 5.74) is 2.80. The summed E-state index contributed by atoms with van der Waals surface area (Å²) in [5.74, 6) is 1.24. The fourth-order valence-corrected chi connectivity index (χ4v) is 3.10. The Labute approximate surface area is 136 Å². The summed E-state index contributed by atoms with van der Waals surface area (Å²) in [5, 5.41) is 1.21. The molecule has 0 aromatic heterocycles. The second-order valence-electron chi connectivity index (χ2n) is 4.83. The van der Waals surface area contributed by atoms with Crippen molar-refractivity contribution in [3.8, 4) is 11.5 Å². The van der Waals surface area contributed by atoms with Gasteiger partial charge in [-0.1, -0.05) is 27.5 Å². The van der Waals surface area contributed by atoms with Crippen LogP contribution in [0.3, 0.4) is 0 Å². The van der Waals surface area contributed by atoms with Gasteiger partial charge in [0.05, 0.1) is 6.61 Å². The van der Waals surface area contributed by atoms with Gasteiger partial charge in [-0.25, -0.2) is 4.39 Å². The van der Waals surface area contributed by atoms with Gasteiger partial charge in [0, 0.05) is 27.9 Å². The molecular weight excluding hydrogens is 359 g/mol. The Kier molecular flexibility index (Phi) is 4.36. The highest BCUT2D eigenvalue weighted by molar-refractivity contribution is 9.08. The Hall–Kier alpha value is -1.26. The summed E-state index contributed by atoms with van der Waals surface area (Å²) in [6.45, 7) is 1.01. The van der Waals surface area contributed by atoms with Crippen LogP contribution in [0.15, 0.2) is 30.3 Å². The van der Waals surface area contributed by atoms with Crippen molar-refractivity contribution in [1.82, 2.24) is 0 Å². The minimum atomic E-state index is -0.274. The SMILES string of the molecule is Fc1ccc(OCc2cc(Cl)cc3c2OCC3)c(CBr)c1. The quantitative estimate of drug-likeness (QED) is 0.713. The monoisotopic (exact) mass is 370 g/mol. The average molecular weight is 372 g/mol.